The molecule has 4 heteroatoms. The minimum atomic E-state index is -0.142. The van der Waals surface area contributed by atoms with Gasteiger partial charge in [-0.05, 0) is 28.5 Å². The normalized spacial score (nSPS) is 10.5. The minimum absolute atomic E-state index is 0.142. The molecular formula is C15H12N2OS. The van der Waals surface area contributed by atoms with Gasteiger partial charge in [-0.3, -0.25) is 4.79 Å². The number of benzene rings is 1. The molecule has 3 rings (SSSR count). The van der Waals surface area contributed by atoms with Gasteiger partial charge < -0.3 is 5.32 Å². The van der Waals surface area contributed by atoms with Crippen LogP contribution < -0.4 is 5.32 Å². The maximum atomic E-state index is 12.0. The average molecular weight is 268 g/mol. The number of pyridine rings is 1. The van der Waals surface area contributed by atoms with Gasteiger partial charge in [0.1, 0.15) is 5.69 Å². The molecule has 1 amide bonds. The van der Waals surface area contributed by atoms with E-state index < -0.39 is 0 Å². The topological polar surface area (TPSA) is 42.0 Å². The first-order valence-electron chi connectivity index (χ1n) is 5.98. The summed E-state index contributed by atoms with van der Waals surface area (Å²) in [4.78, 5) is 16.2. The summed E-state index contributed by atoms with van der Waals surface area (Å²) in [6.45, 7) is 0.517. The molecular weight excluding hydrogens is 256 g/mol. The van der Waals surface area contributed by atoms with Crippen LogP contribution >= 0.6 is 11.3 Å². The number of hydrogen-bond acceptors (Lipinski definition) is 3. The van der Waals surface area contributed by atoms with Crippen molar-refractivity contribution >= 4 is 27.3 Å². The van der Waals surface area contributed by atoms with Crippen molar-refractivity contribution in [1.82, 2.24) is 10.3 Å². The standard InChI is InChI=1S/C15H12N2OS/c18-15(17-9-11-4-2-1-3-5-11)13-8-12-6-7-19-14(12)10-16-13/h1-8,10H,9H2,(H,17,18). The first kappa shape index (κ1) is 11.9. The van der Waals surface area contributed by atoms with Gasteiger partial charge in [0.05, 0.1) is 4.70 Å². The molecule has 0 spiro atoms. The van der Waals surface area contributed by atoms with E-state index in [1.807, 2.05) is 47.8 Å². The third-order valence-electron chi connectivity index (χ3n) is 2.87. The third-order valence-corrected chi connectivity index (χ3v) is 3.74. The smallest absolute Gasteiger partial charge is 0.270 e. The number of carbonyl (C=O) groups is 1. The van der Waals surface area contributed by atoms with E-state index >= 15 is 0 Å². The van der Waals surface area contributed by atoms with E-state index in [0.29, 0.717) is 12.2 Å². The quantitative estimate of drug-likeness (QED) is 0.792. The highest BCUT2D eigenvalue weighted by Crippen LogP contribution is 2.19. The lowest BCUT2D eigenvalue weighted by atomic mass is 10.2. The van der Waals surface area contributed by atoms with Gasteiger partial charge in [0.15, 0.2) is 0 Å². The molecule has 0 saturated heterocycles. The second kappa shape index (κ2) is 5.20. The molecule has 0 aliphatic carbocycles. The second-order valence-electron chi connectivity index (χ2n) is 4.20. The number of hydrogen-bond donors (Lipinski definition) is 1. The summed E-state index contributed by atoms with van der Waals surface area (Å²) < 4.78 is 1.10. The van der Waals surface area contributed by atoms with Crippen molar-refractivity contribution in [2.45, 2.75) is 6.54 Å². The van der Waals surface area contributed by atoms with E-state index in [-0.39, 0.29) is 5.91 Å². The highest BCUT2D eigenvalue weighted by Gasteiger charge is 2.08. The largest absolute Gasteiger partial charge is 0.347 e. The molecule has 94 valence electrons. The summed E-state index contributed by atoms with van der Waals surface area (Å²) >= 11 is 1.62. The molecule has 0 radical (unpaired) electrons. The lowest BCUT2D eigenvalue weighted by Crippen LogP contribution is -2.23. The lowest BCUT2D eigenvalue weighted by Gasteiger charge is -2.04. The van der Waals surface area contributed by atoms with Gasteiger partial charge in [-0.2, -0.15) is 0 Å². The Balaban J connectivity index is 1.73. The van der Waals surface area contributed by atoms with E-state index in [0.717, 1.165) is 15.6 Å². The fourth-order valence-corrected chi connectivity index (χ4v) is 2.60. The molecule has 0 fully saturated rings. The van der Waals surface area contributed by atoms with Crippen LogP contribution in [0.4, 0.5) is 0 Å². The van der Waals surface area contributed by atoms with Crippen LogP contribution in [0.3, 0.4) is 0 Å². The van der Waals surface area contributed by atoms with Gasteiger partial charge in [-0.15, -0.1) is 11.3 Å². The highest BCUT2D eigenvalue weighted by molar-refractivity contribution is 7.17. The molecule has 0 aliphatic rings. The number of aromatic nitrogens is 1. The predicted molar refractivity (Wildman–Crippen MR) is 77.2 cm³/mol. The molecule has 0 saturated carbocycles. The first-order chi connectivity index (χ1) is 9.33. The maximum Gasteiger partial charge on any atom is 0.270 e. The van der Waals surface area contributed by atoms with Crippen molar-refractivity contribution in [2.75, 3.05) is 0 Å². The Kier molecular flexibility index (Phi) is 3.25. The molecule has 0 aliphatic heterocycles. The zero-order valence-electron chi connectivity index (χ0n) is 10.2. The van der Waals surface area contributed by atoms with Gasteiger partial charge in [0.25, 0.3) is 5.91 Å². The number of carbonyl (C=O) groups excluding carboxylic acids is 1. The number of nitrogens with one attached hydrogen (secondary N) is 1. The van der Waals surface area contributed by atoms with Crippen LogP contribution in [0.2, 0.25) is 0 Å². The van der Waals surface area contributed by atoms with E-state index in [9.17, 15) is 4.79 Å². The molecule has 0 bridgehead atoms. The molecule has 1 aromatic carbocycles. The summed E-state index contributed by atoms with van der Waals surface area (Å²) in [6.07, 6.45) is 1.75. The van der Waals surface area contributed by atoms with Crippen LogP contribution in [0.15, 0.2) is 54.0 Å². The Labute approximate surface area is 114 Å². The molecule has 1 N–H and O–H groups in total. The number of fused-ring (bicyclic) bond motifs is 1. The van der Waals surface area contributed by atoms with E-state index in [1.54, 1.807) is 17.5 Å². The Morgan fingerprint density at radius 3 is 2.89 bits per heavy atom. The number of rotatable bonds is 3. The van der Waals surface area contributed by atoms with Gasteiger partial charge in [0, 0.05) is 12.7 Å². The van der Waals surface area contributed by atoms with Gasteiger partial charge in [-0.25, -0.2) is 4.98 Å². The van der Waals surface area contributed by atoms with Crippen molar-refractivity contribution in [1.29, 1.82) is 0 Å². The predicted octanol–water partition coefficient (Wildman–Crippen LogP) is 3.23. The molecule has 2 aromatic heterocycles. The molecule has 19 heavy (non-hydrogen) atoms. The molecule has 3 aromatic rings. The van der Waals surface area contributed by atoms with Crippen LogP contribution in [0, 0.1) is 0 Å². The van der Waals surface area contributed by atoms with E-state index in [2.05, 4.69) is 10.3 Å². The van der Waals surface area contributed by atoms with Crippen molar-refractivity contribution in [3.63, 3.8) is 0 Å². The van der Waals surface area contributed by atoms with Crippen LogP contribution in [0.25, 0.3) is 10.1 Å². The number of amides is 1. The Morgan fingerprint density at radius 1 is 1.21 bits per heavy atom. The summed E-state index contributed by atoms with van der Waals surface area (Å²) in [5.41, 5.74) is 1.54. The minimum Gasteiger partial charge on any atom is -0.347 e. The van der Waals surface area contributed by atoms with Gasteiger partial charge >= 0.3 is 0 Å². The van der Waals surface area contributed by atoms with Crippen molar-refractivity contribution in [2.24, 2.45) is 0 Å². The fourth-order valence-electron chi connectivity index (χ4n) is 1.86. The summed E-state index contributed by atoms with van der Waals surface area (Å²) in [7, 11) is 0. The highest BCUT2D eigenvalue weighted by atomic mass is 32.1. The van der Waals surface area contributed by atoms with E-state index in [4.69, 9.17) is 0 Å². The van der Waals surface area contributed by atoms with Crippen molar-refractivity contribution in [3.8, 4) is 0 Å². The molecule has 3 nitrogen and oxygen atoms in total. The Morgan fingerprint density at radius 2 is 2.05 bits per heavy atom. The van der Waals surface area contributed by atoms with Crippen LogP contribution in [0.1, 0.15) is 16.1 Å². The third kappa shape index (κ3) is 2.63. The maximum absolute atomic E-state index is 12.0. The SMILES string of the molecule is O=C(NCc1ccccc1)c1cc2ccsc2cn1. The van der Waals surface area contributed by atoms with Gasteiger partial charge in [0.2, 0.25) is 0 Å². The van der Waals surface area contributed by atoms with Gasteiger partial charge in [-0.1, -0.05) is 30.3 Å². The van der Waals surface area contributed by atoms with Crippen LogP contribution in [-0.4, -0.2) is 10.9 Å². The Hall–Kier alpha value is -2.20. The fraction of sp³-hybridized carbons (Fsp3) is 0.0667. The summed E-state index contributed by atoms with van der Waals surface area (Å²) in [6, 6.07) is 13.7. The Bertz CT molecular complexity index is 706. The van der Waals surface area contributed by atoms with Crippen molar-refractivity contribution < 1.29 is 4.79 Å². The lowest BCUT2D eigenvalue weighted by molar-refractivity contribution is 0.0946. The zero-order valence-corrected chi connectivity index (χ0v) is 11.0. The first-order valence-corrected chi connectivity index (χ1v) is 6.86. The summed E-state index contributed by atoms with van der Waals surface area (Å²) in [5, 5.41) is 5.93. The number of nitrogens with zero attached hydrogens (tertiary/aromatic N) is 1. The molecule has 0 atom stereocenters. The van der Waals surface area contributed by atoms with E-state index in [1.165, 1.54) is 0 Å². The number of thiophene rings is 1. The summed E-state index contributed by atoms with van der Waals surface area (Å²) in [5.74, 6) is -0.142. The average Bonchev–Trinajstić information content (AvgIpc) is 2.93. The monoisotopic (exact) mass is 268 g/mol. The van der Waals surface area contributed by atoms with Crippen LogP contribution in [-0.2, 0) is 6.54 Å². The molecule has 2 heterocycles. The van der Waals surface area contributed by atoms with Crippen molar-refractivity contribution in [3.05, 3.63) is 65.3 Å². The zero-order chi connectivity index (χ0) is 13.1. The molecule has 0 unspecified atom stereocenters. The van der Waals surface area contributed by atoms with Crippen LogP contribution in [0.5, 0.6) is 0 Å². The second-order valence-corrected chi connectivity index (χ2v) is 5.14.